The molecule has 4 N–H and O–H groups in total. The largest absolute Gasteiger partial charge is 0.356 e. The third-order valence-electron chi connectivity index (χ3n) is 4.57. The van der Waals surface area contributed by atoms with Crippen LogP contribution in [0.4, 0.5) is 24.5 Å². The number of carbonyl (C=O) groups is 2. The second-order valence-electron chi connectivity index (χ2n) is 6.61. The number of guanidine groups is 1. The molecule has 1 aliphatic heterocycles. The van der Waals surface area contributed by atoms with Crippen molar-refractivity contribution in [2.45, 2.75) is 12.3 Å². The van der Waals surface area contributed by atoms with Gasteiger partial charge in [0.15, 0.2) is 23.4 Å². The van der Waals surface area contributed by atoms with E-state index in [1.54, 1.807) is 0 Å². The van der Waals surface area contributed by atoms with Gasteiger partial charge in [0, 0.05) is 31.6 Å². The lowest BCUT2D eigenvalue weighted by atomic mass is 9.90. The third kappa shape index (κ3) is 4.88. The minimum atomic E-state index is -1.66. The Morgan fingerprint density at radius 2 is 1.90 bits per heavy atom. The summed E-state index contributed by atoms with van der Waals surface area (Å²) in [5, 5.41) is 10.8. The number of amides is 2. The van der Waals surface area contributed by atoms with Gasteiger partial charge in [0.1, 0.15) is 0 Å². The van der Waals surface area contributed by atoms with Crippen LogP contribution < -0.4 is 21.3 Å². The molecule has 1 atom stereocenters. The molecule has 2 amide bonds. The van der Waals surface area contributed by atoms with E-state index < -0.39 is 29.0 Å². The molecule has 0 aromatic heterocycles. The molecular formula is C20H20F3N5O2. The molecule has 0 radical (unpaired) electrons. The highest BCUT2D eigenvalue weighted by molar-refractivity contribution is 5.96. The van der Waals surface area contributed by atoms with E-state index in [-0.39, 0.29) is 18.4 Å². The zero-order valence-corrected chi connectivity index (χ0v) is 16.1. The van der Waals surface area contributed by atoms with Gasteiger partial charge in [0.2, 0.25) is 11.8 Å². The van der Waals surface area contributed by atoms with Gasteiger partial charge in [0.05, 0.1) is 12.2 Å². The van der Waals surface area contributed by atoms with Crippen molar-refractivity contribution >= 4 is 29.1 Å². The van der Waals surface area contributed by atoms with Gasteiger partial charge in [-0.05, 0) is 23.8 Å². The number of rotatable bonds is 5. The quantitative estimate of drug-likeness (QED) is 0.340. The Labute approximate surface area is 170 Å². The highest BCUT2D eigenvalue weighted by Crippen LogP contribution is 2.31. The number of carbonyl (C=O) groups excluding carboxylic acids is 2. The highest BCUT2D eigenvalue weighted by Gasteiger charge is 2.24. The number of para-hydroxylation sites is 1. The Balaban J connectivity index is 1.54. The van der Waals surface area contributed by atoms with Gasteiger partial charge in [-0.15, -0.1) is 0 Å². The van der Waals surface area contributed by atoms with Crippen LogP contribution >= 0.6 is 0 Å². The minimum Gasteiger partial charge on any atom is -0.356 e. The number of benzene rings is 2. The van der Waals surface area contributed by atoms with E-state index in [0.717, 1.165) is 23.4 Å². The molecule has 2 aromatic rings. The maximum Gasteiger partial charge on any atom is 0.243 e. The molecule has 0 aliphatic carbocycles. The number of hydrogen-bond donors (Lipinski definition) is 4. The van der Waals surface area contributed by atoms with Crippen LogP contribution in [0.1, 0.15) is 17.9 Å². The summed E-state index contributed by atoms with van der Waals surface area (Å²) in [5.74, 6) is -5.03. The smallest absolute Gasteiger partial charge is 0.243 e. The van der Waals surface area contributed by atoms with Crippen LogP contribution in [-0.2, 0) is 9.59 Å². The molecule has 2 aromatic carbocycles. The van der Waals surface area contributed by atoms with E-state index in [9.17, 15) is 22.8 Å². The molecule has 7 nitrogen and oxygen atoms in total. The molecule has 0 bridgehead atoms. The maximum absolute atomic E-state index is 13.6. The molecule has 1 unspecified atom stereocenters. The van der Waals surface area contributed by atoms with Crippen molar-refractivity contribution in [3.05, 3.63) is 59.4 Å². The molecule has 1 heterocycles. The van der Waals surface area contributed by atoms with Crippen LogP contribution in [0.2, 0.25) is 0 Å². The lowest BCUT2D eigenvalue weighted by Gasteiger charge is -2.26. The molecule has 0 fully saturated rings. The molecule has 0 saturated heterocycles. The normalized spacial score (nSPS) is 15.8. The van der Waals surface area contributed by atoms with Gasteiger partial charge >= 0.3 is 0 Å². The first-order chi connectivity index (χ1) is 14.4. The lowest BCUT2D eigenvalue weighted by Crippen LogP contribution is -2.43. The summed E-state index contributed by atoms with van der Waals surface area (Å²) in [6.45, 7) is 0.101. The number of aliphatic imine (C=N–C) groups is 1. The fourth-order valence-corrected chi connectivity index (χ4v) is 3.11. The first kappa shape index (κ1) is 21.2. The summed E-state index contributed by atoms with van der Waals surface area (Å²) in [5.41, 5.74) is 1.29. The molecule has 10 heteroatoms. The number of halogens is 3. The van der Waals surface area contributed by atoms with Crippen LogP contribution in [0.25, 0.3) is 0 Å². The van der Waals surface area contributed by atoms with Crippen LogP contribution in [0.5, 0.6) is 0 Å². The van der Waals surface area contributed by atoms with Crippen molar-refractivity contribution < 1.29 is 22.8 Å². The first-order valence-electron chi connectivity index (χ1n) is 9.15. The monoisotopic (exact) mass is 419 g/mol. The first-order valence-corrected chi connectivity index (χ1v) is 9.15. The standard InChI is InChI=1S/C20H20F3N5O2/c1-24-20(25-9-11-8-16(29)27-14-5-3-2-4-12(11)14)26-10-17(30)28-15-7-6-13(21)18(22)19(15)23/h2-7,11H,8-10H2,1H3,(H,27,29)(H,28,30)(H2,24,25,26). The second-order valence-corrected chi connectivity index (χ2v) is 6.61. The molecule has 0 saturated carbocycles. The summed E-state index contributed by atoms with van der Waals surface area (Å²) in [7, 11) is 1.50. The molecule has 30 heavy (non-hydrogen) atoms. The van der Waals surface area contributed by atoms with E-state index in [4.69, 9.17) is 0 Å². The zero-order chi connectivity index (χ0) is 21.7. The number of nitrogens with zero attached hydrogens (tertiary/aromatic N) is 1. The lowest BCUT2D eigenvalue weighted by molar-refractivity contribution is -0.117. The van der Waals surface area contributed by atoms with Gasteiger partial charge in [-0.2, -0.15) is 0 Å². The molecule has 1 aliphatic rings. The Hall–Kier alpha value is -3.56. The van der Waals surface area contributed by atoms with Gasteiger partial charge in [-0.1, -0.05) is 18.2 Å². The van der Waals surface area contributed by atoms with Crippen molar-refractivity contribution in [2.75, 3.05) is 30.8 Å². The Morgan fingerprint density at radius 3 is 2.67 bits per heavy atom. The van der Waals surface area contributed by atoms with E-state index in [0.29, 0.717) is 18.9 Å². The van der Waals surface area contributed by atoms with Gasteiger partial charge in [-0.3, -0.25) is 14.6 Å². The Morgan fingerprint density at radius 1 is 1.13 bits per heavy atom. The number of nitrogens with one attached hydrogen (secondary N) is 4. The Kier molecular flexibility index (Phi) is 6.55. The average molecular weight is 419 g/mol. The van der Waals surface area contributed by atoms with Crippen molar-refractivity contribution in [1.82, 2.24) is 10.6 Å². The van der Waals surface area contributed by atoms with E-state index >= 15 is 0 Å². The van der Waals surface area contributed by atoms with Crippen LogP contribution in [0.3, 0.4) is 0 Å². The second kappa shape index (κ2) is 9.29. The molecule has 158 valence electrons. The van der Waals surface area contributed by atoms with E-state index in [2.05, 4.69) is 26.3 Å². The molecule has 0 spiro atoms. The zero-order valence-electron chi connectivity index (χ0n) is 16.1. The summed E-state index contributed by atoms with van der Waals surface area (Å²) in [4.78, 5) is 27.9. The number of anilines is 2. The van der Waals surface area contributed by atoms with Crippen LogP contribution in [0, 0.1) is 17.5 Å². The SMILES string of the molecule is CN=C(NCC(=O)Nc1ccc(F)c(F)c1F)NCC1CC(=O)Nc2ccccc21. The topological polar surface area (TPSA) is 94.6 Å². The fraction of sp³-hybridized carbons (Fsp3) is 0.250. The van der Waals surface area contributed by atoms with Gasteiger partial charge in [0.25, 0.3) is 0 Å². The molecular weight excluding hydrogens is 399 g/mol. The summed E-state index contributed by atoms with van der Waals surface area (Å²) in [6, 6.07) is 9.14. The summed E-state index contributed by atoms with van der Waals surface area (Å²) >= 11 is 0. The van der Waals surface area contributed by atoms with Crippen molar-refractivity contribution in [3.8, 4) is 0 Å². The Bertz CT molecular complexity index is 996. The average Bonchev–Trinajstić information content (AvgIpc) is 2.74. The number of fused-ring (bicyclic) bond motifs is 1. The van der Waals surface area contributed by atoms with Crippen molar-refractivity contribution in [2.24, 2.45) is 4.99 Å². The summed E-state index contributed by atoms with van der Waals surface area (Å²) < 4.78 is 39.9. The maximum atomic E-state index is 13.6. The highest BCUT2D eigenvalue weighted by atomic mass is 19.2. The van der Waals surface area contributed by atoms with Gasteiger partial charge in [-0.25, -0.2) is 13.2 Å². The van der Waals surface area contributed by atoms with Crippen molar-refractivity contribution in [1.29, 1.82) is 0 Å². The minimum absolute atomic E-state index is 0.0846. The predicted octanol–water partition coefficient (Wildman–Crippen LogP) is 2.33. The van der Waals surface area contributed by atoms with E-state index in [1.165, 1.54) is 7.05 Å². The number of hydrogen-bond acceptors (Lipinski definition) is 3. The molecule has 3 rings (SSSR count). The third-order valence-corrected chi connectivity index (χ3v) is 4.57. The van der Waals surface area contributed by atoms with Gasteiger partial charge < -0.3 is 21.3 Å². The fourth-order valence-electron chi connectivity index (χ4n) is 3.11. The van der Waals surface area contributed by atoms with Crippen molar-refractivity contribution in [3.63, 3.8) is 0 Å². The predicted molar refractivity (Wildman–Crippen MR) is 107 cm³/mol. The van der Waals surface area contributed by atoms with Crippen LogP contribution in [0.15, 0.2) is 41.4 Å². The summed E-state index contributed by atoms with van der Waals surface area (Å²) in [6.07, 6.45) is 0.302. The van der Waals surface area contributed by atoms with Crippen LogP contribution in [-0.4, -0.2) is 37.9 Å². The van der Waals surface area contributed by atoms with E-state index in [1.807, 2.05) is 24.3 Å².